The lowest BCUT2D eigenvalue weighted by Gasteiger charge is -2.28. The molecule has 42 heavy (non-hydrogen) atoms. The molecule has 4 aromatic rings. The van der Waals surface area contributed by atoms with Gasteiger partial charge in [-0.15, -0.1) is 0 Å². The van der Waals surface area contributed by atoms with E-state index in [1.54, 1.807) is 28.0 Å². The predicted octanol–water partition coefficient (Wildman–Crippen LogP) is 2.57. The van der Waals surface area contributed by atoms with Crippen molar-refractivity contribution >= 4 is 29.3 Å². The molecule has 1 atom stereocenters. The van der Waals surface area contributed by atoms with Crippen LogP contribution in [0.25, 0.3) is 22.3 Å². The lowest BCUT2D eigenvalue weighted by atomic mass is 10.1. The fraction of sp³-hybridized carbons (Fsp3) is 0.300. The van der Waals surface area contributed by atoms with Crippen molar-refractivity contribution in [1.82, 2.24) is 35.3 Å². The summed E-state index contributed by atoms with van der Waals surface area (Å²) in [7, 11) is 1.82. The fourth-order valence-electron chi connectivity index (χ4n) is 5.33. The van der Waals surface area contributed by atoms with Gasteiger partial charge in [0.2, 0.25) is 0 Å². The van der Waals surface area contributed by atoms with Crippen LogP contribution in [-0.4, -0.2) is 81.9 Å². The van der Waals surface area contributed by atoms with Gasteiger partial charge in [-0.05, 0) is 42.3 Å². The molecule has 0 radical (unpaired) electrons. The molecule has 2 aliphatic heterocycles. The van der Waals surface area contributed by atoms with Gasteiger partial charge in [0.05, 0.1) is 11.8 Å². The van der Waals surface area contributed by atoms with Crippen molar-refractivity contribution in [2.45, 2.75) is 12.5 Å². The number of urea groups is 1. The molecule has 2 fully saturated rings. The van der Waals surface area contributed by atoms with Crippen molar-refractivity contribution in [1.29, 1.82) is 0 Å². The Kier molecular flexibility index (Phi) is 7.69. The Balaban J connectivity index is 1.05. The maximum absolute atomic E-state index is 13.1. The van der Waals surface area contributed by atoms with E-state index in [0.717, 1.165) is 54.3 Å². The number of carbonyl (C=O) groups excluding carboxylic acids is 2. The Morgan fingerprint density at radius 2 is 1.79 bits per heavy atom. The number of nitrogens with zero attached hydrogens (tertiary/aromatic N) is 6. The SMILES string of the molecule is Cn1cc(-c2cnc(N)c(C(=O)N[C@@H]3CCN(C(=O)Nc4cccc(-c5ccc(N6CCNCC6)nc5)c4)C3)c2)cn1. The molecule has 3 amide bonds. The summed E-state index contributed by atoms with van der Waals surface area (Å²) in [5, 5.41) is 13.5. The molecule has 5 heterocycles. The Bertz CT molecular complexity index is 1580. The van der Waals surface area contributed by atoms with Crippen LogP contribution < -0.4 is 26.6 Å². The van der Waals surface area contributed by atoms with Gasteiger partial charge in [0, 0.05) is 93.3 Å². The van der Waals surface area contributed by atoms with Gasteiger partial charge in [-0.2, -0.15) is 5.10 Å². The number of hydrogen-bond donors (Lipinski definition) is 4. The minimum atomic E-state index is -0.317. The number of aromatic nitrogens is 4. The predicted molar refractivity (Wildman–Crippen MR) is 162 cm³/mol. The van der Waals surface area contributed by atoms with E-state index in [1.807, 2.05) is 49.8 Å². The number of rotatable bonds is 6. The van der Waals surface area contributed by atoms with Crippen LogP contribution in [0.3, 0.4) is 0 Å². The highest BCUT2D eigenvalue weighted by molar-refractivity contribution is 5.99. The van der Waals surface area contributed by atoms with Crippen molar-refractivity contribution in [3.05, 3.63) is 72.8 Å². The maximum Gasteiger partial charge on any atom is 0.321 e. The van der Waals surface area contributed by atoms with Gasteiger partial charge in [-0.25, -0.2) is 14.8 Å². The molecule has 0 bridgehead atoms. The highest BCUT2D eigenvalue weighted by Crippen LogP contribution is 2.25. The van der Waals surface area contributed by atoms with Crippen LogP contribution in [0.5, 0.6) is 0 Å². The number of aryl methyl sites for hydroxylation is 1. The Morgan fingerprint density at radius 1 is 0.952 bits per heavy atom. The maximum atomic E-state index is 13.1. The lowest BCUT2D eigenvalue weighted by molar-refractivity contribution is 0.0938. The van der Waals surface area contributed by atoms with E-state index in [-0.39, 0.29) is 23.8 Å². The van der Waals surface area contributed by atoms with E-state index in [2.05, 4.69) is 42.0 Å². The molecular formula is C30H34N10O2. The van der Waals surface area contributed by atoms with Crippen LogP contribution in [0.1, 0.15) is 16.8 Å². The summed E-state index contributed by atoms with van der Waals surface area (Å²) in [6.45, 7) is 4.73. The van der Waals surface area contributed by atoms with E-state index < -0.39 is 0 Å². The summed E-state index contributed by atoms with van der Waals surface area (Å²) in [5.74, 6) is 0.809. The number of carbonyl (C=O) groups is 2. The van der Waals surface area contributed by atoms with Crippen molar-refractivity contribution in [2.75, 3.05) is 55.2 Å². The van der Waals surface area contributed by atoms with Crippen molar-refractivity contribution in [3.63, 3.8) is 0 Å². The first-order valence-electron chi connectivity index (χ1n) is 14.1. The molecule has 0 unspecified atom stereocenters. The molecule has 216 valence electrons. The van der Waals surface area contributed by atoms with E-state index in [4.69, 9.17) is 5.73 Å². The number of nitrogens with one attached hydrogen (secondary N) is 3. The monoisotopic (exact) mass is 566 g/mol. The summed E-state index contributed by atoms with van der Waals surface area (Å²) in [4.78, 5) is 39.0. The third kappa shape index (κ3) is 6.03. The van der Waals surface area contributed by atoms with Crippen molar-refractivity contribution in [2.24, 2.45) is 7.05 Å². The first kappa shape index (κ1) is 27.2. The number of benzene rings is 1. The topological polar surface area (TPSA) is 146 Å². The molecule has 0 aliphatic carbocycles. The summed E-state index contributed by atoms with van der Waals surface area (Å²) in [6.07, 6.45) is 7.69. The molecule has 0 saturated carbocycles. The number of piperazine rings is 1. The number of pyridine rings is 2. The molecule has 2 aliphatic rings. The first-order chi connectivity index (χ1) is 20.4. The average molecular weight is 567 g/mol. The molecule has 1 aromatic carbocycles. The molecule has 5 N–H and O–H groups in total. The van der Waals surface area contributed by atoms with Crippen LogP contribution in [0.15, 0.2) is 67.3 Å². The third-order valence-corrected chi connectivity index (χ3v) is 7.65. The van der Waals surface area contributed by atoms with Crippen LogP contribution in [-0.2, 0) is 7.05 Å². The Hall–Kier alpha value is -4.97. The van der Waals surface area contributed by atoms with Crippen LogP contribution in [0.4, 0.5) is 22.1 Å². The number of anilines is 3. The third-order valence-electron chi connectivity index (χ3n) is 7.65. The molecule has 0 spiro atoms. The second-order valence-corrected chi connectivity index (χ2v) is 10.6. The van der Waals surface area contributed by atoms with Crippen molar-refractivity contribution in [3.8, 4) is 22.3 Å². The average Bonchev–Trinajstić information content (AvgIpc) is 3.67. The second-order valence-electron chi connectivity index (χ2n) is 10.6. The minimum absolute atomic E-state index is 0.154. The van der Waals surface area contributed by atoms with Gasteiger partial charge < -0.3 is 31.5 Å². The molecular weight excluding hydrogens is 532 g/mol. The molecule has 12 heteroatoms. The van der Waals surface area contributed by atoms with Gasteiger partial charge >= 0.3 is 6.03 Å². The van der Waals surface area contributed by atoms with Gasteiger partial charge in [0.15, 0.2) is 0 Å². The highest BCUT2D eigenvalue weighted by atomic mass is 16.2. The number of nitrogen functional groups attached to an aromatic ring is 1. The van der Waals surface area contributed by atoms with Crippen LogP contribution in [0, 0.1) is 0 Å². The highest BCUT2D eigenvalue weighted by Gasteiger charge is 2.28. The fourth-order valence-corrected chi connectivity index (χ4v) is 5.33. The largest absolute Gasteiger partial charge is 0.383 e. The first-order valence-corrected chi connectivity index (χ1v) is 14.1. The molecule has 3 aromatic heterocycles. The minimum Gasteiger partial charge on any atom is -0.383 e. The number of nitrogens with two attached hydrogens (primary N) is 1. The standard InChI is InChI=1S/C30H34N10O2/c1-38-18-23(17-35-38)22-14-26(28(31)34-16-22)29(41)36-25-7-10-40(19-25)30(42)37-24-4-2-3-20(13-24)21-5-6-27(33-15-21)39-11-8-32-9-12-39/h2-6,13-18,25,32H,7-12,19H2,1H3,(H2,31,34)(H,36,41)(H,37,42)/t25-/m1/s1. The van der Waals surface area contributed by atoms with E-state index >= 15 is 0 Å². The Labute approximate surface area is 243 Å². The number of hydrogen-bond acceptors (Lipinski definition) is 8. The summed E-state index contributed by atoms with van der Waals surface area (Å²) < 4.78 is 1.68. The van der Waals surface area contributed by atoms with Gasteiger partial charge in [0.25, 0.3) is 5.91 Å². The van der Waals surface area contributed by atoms with E-state index in [9.17, 15) is 9.59 Å². The normalized spacial score (nSPS) is 16.8. The lowest BCUT2D eigenvalue weighted by Crippen LogP contribution is -2.43. The summed E-state index contributed by atoms with van der Waals surface area (Å²) in [6, 6.07) is 13.1. The Morgan fingerprint density at radius 3 is 2.55 bits per heavy atom. The molecule has 2 saturated heterocycles. The molecule has 12 nitrogen and oxygen atoms in total. The van der Waals surface area contributed by atoms with Crippen LogP contribution in [0.2, 0.25) is 0 Å². The summed E-state index contributed by atoms with van der Waals surface area (Å²) in [5.41, 5.74) is 10.6. The van der Waals surface area contributed by atoms with E-state index in [0.29, 0.717) is 30.8 Å². The van der Waals surface area contributed by atoms with Gasteiger partial charge in [-0.3, -0.25) is 9.48 Å². The second kappa shape index (κ2) is 11.9. The number of amides is 3. The van der Waals surface area contributed by atoms with Gasteiger partial charge in [0.1, 0.15) is 11.6 Å². The molecule has 6 rings (SSSR count). The smallest absolute Gasteiger partial charge is 0.321 e. The summed E-state index contributed by atoms with van der Waals surface area (Å²) >= 11 is 0. The zero-order valence-electron chi connectivity index (χ0n) is 23.5. The zero-order valence-corrected chi connectivity index (χ0v) is 23.5. The number of likely N-dealkylation sites (tertiary alicyclic amines) is 1. The van der Waals surface area contributed by atoms with Crippen molar-refractivity contribution < 1.29 is 9.59 Å². The van der Waals surface area contributed by atoms with E-state index in [1.165, 1.54) is 0 Å². The zero-order chi connectivity index (χ0) is 29.1. The quantitative estimate of drug-likeness (QED) is 0.279. The van der Waals surface area contributed by atoms with Crippen LogP contribution >= 0.6 is 0 Å². The van der Waals surface area contributed by atoms with Gasteiger partial charge in [-0.1, -0.05) is 12.1 Å².